The summed E-state index contributed by atoms with van der Waals surface area (Å²) in [4.78, 5) is 12.0. The molecule has 0 aromatic heterocycles. The number of nitrogens with one attached hydrogen (secondary N) is 1. The summed E-state index contributed by atoms with van der Waals surface area (Å²) in [6.45, 7) is 2.04. The Morgan fingerprint density at radius 1 is 1.21 bits per heavy atom. The largest absolute Gasteiger partial charge is 0.398 e. The molecule has 2 rings (SSSR count). The lowest BCUT2D eigenvalue weighted by Crippen LogP contribution is -2.12. The fourth-order valence-corrected chi connectivity index (χ4v) is 1.93. The van der Waals surface area contributed by atoms with Crippen LogP contribution in [0.5, 0.6) is 0 Å². The number of aryl methyl sites for hydroxylation is 1. The molecule has 0 bridgehead atoms. The molecular formula is C15H15ClN2O. The summed E-state index contributed by atoms with van der Waals surface area (Å²) in [6.07, 6.45) is 0.872. The molecule has 3 nitrogen and oxygen atoms in total. The van der Waals surface area contributed by atoms with Crippen molar-refractivity contribution >= 4 is 28.9 Å². The molecule has 4 heteroatoms. The molecule has 0 spiro atoms. The van der Waals surface area contributed by atoms with Gasteiger partial charge in [-0.3, -0.25) is 4.79 Å². The van der Waals surface area contributed by atoms with Crippen molar-refractivity contribution in [2.45, 2.75) is 13.3 Å². The van der Waals surface area contributed by atoms with Gasteiger partial charge in [0, 0.05) is 22.0 Å². The Kier molecular flexibility index (Phi) is 4.07. The molecule has 0 fully saturated rings. The number of nitrogens with two attached hydrogens (primary N) is 1. The summed E-state index contributed by atoms with van der Waals surface area (Å²) < 4.78 is 0. The van der Waals surface area contributed by atoms with Crippen LogP contribution in [-0.2, 0) is 6.42 Å². The quantitative estimate of drug-likeness (QED) is 0.838. The van der Waals surface area contributed by atoms with E-state index in [0.29, 0.717) is 22.0 Å². The third kappa shape index (κ3) is 3.26. The molecule has 0 saturated carbocycles. The van der Waals surface area contributed by atoms with Crippen molar-refractivity contribution in [2.24, 2.45) is 0 Å². The van der Waals surface area contributed by atoms with Crippen molar-refractivity contribution in [3.63, 3.8) is 0 Å². The van der Waals surface area contributed by atoms with E-state index in [4.69, 9.17) is 17.3 Å². The first-order chi connectivity index (χ1) is 9.10. The van der Waals surface area contributed by atoms with Gasteiger partial charge in [-0.2, -0.15) is 0 Å². The van der Waals surface area contributed by atoms with Crippen LogP contribution in [0.15, 0.2) is 42.5 Å². The van der Waals surface area contributed by atoms with Gasteiger partial charge >= 0.3 is 0 Å². The lowest BCUT2D eigenvalue weighted by atomic mass is 10.1. The van der Waals surface area contributed by atoms with Crippen LogP contribution in [0.3, 0.4) is 0 Å². The second-order valence-electron chi connectivity index (χ2n) is 4.23. The van der Waals surface area contributed by atoms with Crippen molar-refractivity contribution in [3.8, 4) is 0 Å². The Balaban J connectivity index is 2.14. The fourth-order valence-electron chi connectivity index (χ4n) is 1.80. The van der Waals surface area contributed by atoms with Crippen LogP contribution in [-0.4, -0.2) is 5.91 Å². The van der Waals surface area contributed by atoms with E-state index < -0.39 is 0 Å². The number of halogens is 1. The Morgan fingerprint density at radius 3 is 2.47 bits per heavy atom. The SMILES string of the molecule is CCc1ccc(NC(=O)c2ccc(Cl)cc2)cc1N. The van der Waals surface area contributed by atoms with Crippen molar-refractivity contribution in [1.29, 1.82) is 0 Å². The van der Waals surface area contributed by atoms with E-state index in [1.807, 2.05) is 19.1 Å². The van der Waals surface area contributed by atoms with Gasteiger partial charge in [0.15, 0.2) is 0 Å². The van der Waals surface area contributed by atoms with Gasteiger partial charge in [-0.25, -0.2) is 0 Å². The average molecular weight is 275 g/mol. The summed E-state index contributed by atoms with van der Waals surface area (Å²) in [5.41, 5.74) is 8.91. The smallest absolute Gasteiger partial charge is 0.255 e. The number of hydrogen-bond donors (Lipinski definition) is 2. The van der Waals surface area contributed by atoms with Crippen molar-refractivity contribution in [1.82, 2.24) is 0 Å². The number of nitrogen functional groups attached to an aromatic ring is 1. The molecule has 19 heavy (non-hydrogen) atoms. The highest BCUT2D eigenvalue weighted by Gasteiger charge is 2.06. The van der Waals surface area contributed by atoms with E-state index in [2.05, 4.69) is 5.32 Å². The van der Waals surface area contributed by atoms with Crippen LogP contribution >= 0.6 is 11.6 Å². The van der Waals surface area contributed by atoms with Crippen LogP contribution in [0.4, 0.5) is 11.4 Å². The molecule has 98 valence electrons. The van der Waals surface area contributed by atoms with Gasteiger partial charge in [0.05, 0.1) is 0 Å². The van der Waals surface area contributed by atoms with E-state index in [1.54, 1.807) is 30.3 Å². The maximum atomic E-state index is 12.0. The normalized spacial score (nSPS) is 10.2. The van der Waals surface area contributed by atoms with Crippen LogP contribution in [0.2, 0.25) is 5.02 Å². The molecule has 0 aliphatic heterocycles. The van der Waals surface area contributed by atoms with Crippen molar-refractivity contribution in [3.05, 3.63) is 58.6 Å². The predicted octanol–water partition coefficient (Wildman–Crippen LogP) is 3.74. The number of rotatable bonds is 3. The number of hydrogen-bond acceptors (Lipinski definition) is 2. The van der Waals surface area contributed by atoms with E-state index in [-0.39, 0.29) is 5.91 Å². The third-order valence-corrected chi connectivity index (χ3v) is 3.14. The Bertz CT molecular complexity index is 594. The fraction of sp³-hybridized carbons (Fsp3) is 0.133. The predicted molar refractivity (Wildman–Crippen MR) is 79.6 cm³/mol. The summed E-state index contributed by atoms with van der Waals surface area (Å²) in [5.74, 6) is -0.180. The molecule has 3 N–H and O–H groups in total. The third-order valence-electron chi connectivity index (χ3n) is 2.89. The average Bonchev–Trinajstić information content (AvgIpc) is 2.39. The van der Waals surface area contributed by atoms with Gasteiger partial charge in [-0.05, 0) is 48.4 Å². The van der Waals surface area contributed by atoms with Crippen LogP contribution < -0.4 is 11.1 Å². The molecule has 0 atom stereocenters. The minimum absolute atomic E-state index is 0.180. The molecule has 0 aliphatic carbocycles. The number of amides is 1. The van der Waals surface area contributed by atoms with E-state index in [9.17, 15) is 4.79 Å². The molecule has 1 amide bonds. The number of carbonyl (C=O) groups is 1. The molecule has 0 saturated heterocycles. The maximum Gasteiger partial charge on any atom is 0.255 e. The van der Waals surface area contributed by atoms with E-state index >= 15 is 0 Å². The zero-order chi connectivity index (χ0) is 13.8. The molecule has 0 unspecified atom stereocenters. The van der Waals surface area contributed by atoms with Gasteiger partial charge in [-0.15, -0.1) is 0 Å². The van der Waals surface area contributed by atoms with Gasteiger partial charge in [0.25, 0.3) is 5.91 Å². The first-order valence-corrected chi connectivity index (χ1v) is 6.43. The monoisotopic (exact) mass is 274 g/mol. The highest BCUT2D eigenvalue weighted by atomic mass is 35.5. The maximum absolute atomic E-state index is 12.0. The second-order valence-corrected chi connectivity index (χ2v) is 4.66. The van der Waals surface area contributed by atoms with Crippen LogP contribution in [0.1, 0.15) is 22.8 Å². The highest BCUT2D eigenvalue weighted by molar-refractivity contribution is 6.30. The second kappa shape index (κ2) is 5.76. The topological polar surface area (TPSA) is 55.1 Å². The minimum atomic E-state index is -0.180. The standard InChI is InChI=1S/C15H15ClN2O/c1-2-10-5-8-13(9-14(10)17)18-15(19)11-3-6-12(16)7-4-11/h3-9H,2,17H2,1H3,(H,18,19). The zero-order valence-corrected chi connectivity index (χ0v) is 11.4. The molecule has 0 aliphatic rings. The first kappa shape index (κ1) is 13.4. The zero-order valence-electron chi connectivity index (χ0n) is 10.6. The van der Waals surface area contributed by atoms with Gasteiger partial charge in [0.1, 0.15) is 0 Å². The van der Waals surface area contributed by atoms with Crippen LogP contribution in [0, 0.1) is 0 Å². The number of carbonyl (C=O) groups excluding carboxylic acids is 1. The lowest BCUT2D eigenvalue weighted by molar-refractivity contribution is 0.102. The van der Waals surface area contributed by atoms with Crippen molar-refractivity contribution in [2.75, 3.05) is 11.1 Å². The summed E-state index contributed by atoms with van der Waals surface area (Å²) in [5, 5.41) is 3.41. The Morgan fingerprint density at radius 2 is 1.89 bits per heavy atom. The van der Waals surface area contributed by atoms with Crippen molar-refractivity contribution < 1.29 is 4.79 Å². The molecular weight excluding hydrogens is 260 g/mol. The summed E-state index contributed by atoms with van der Waals surface area (Å²) in [6, 6.07) is 12.3. The van der Waals surface area contributed by atoms with Gasteiger partial charge < -0.3 is 11.1 Å². The van der Waals surface area contributed by atoms with Gasteiger partial charge in [-0.1, -0.05) is 24.6 Å². The van der Waals surface area contributed by atoms with E-state index in [1.165, 1.54) is 0 Å². The molecule has 0 radical (unpaired) electrons. The number of benzene rings is 2. The number of anilines is 2. The molecule has 2 aromatic rings. The van der Waals surface area contributed by atoms with E-state index in [0.717, 1.165) is 12.0 Å². The highest BCUT2D eigenvalue weighted by Crippen LogP contribution is 2.19. The lowest BCUT2D eigenvalue weighted by Gasteiger charge is -2.08. The summed E-state index contributed by atoms with van der Waals surface area (Å²) >= 11 is 5.78. The first-order valence-electron chi connectivity index (χ1n) is 6.05. The molecule has 0 heterocycles. The van der Waals surface area contributed by atoms with Crippen LogP contribution in [0.25, 0.3) is 0 Å². The minimum Gasteiger partial charge on any atom is -0.398 e. The van der Waals surface area contributed by atoms with Gasteiger partial charge in [0.2, 0.25) is 0 Å². The Labute approximate surface area is 117 Å². The summed E-state index contributed by atoms with van der Waals surface area (Å²) in [7, 11) is 0. The Hall–Kier alpha value is -2.00. The molecule has 2 aromatic carbocycles.